The van der Waals surface area contributed by atoms with Gasteiger partial charge in [-0.3, -0.25) is 9.59 Å². The van der Waals surface area contributed by atoms with E-state index >= 15 is 0 Å². The summed E-state index contributed by atoms with van der Waals surface area (Å²) in [7, 11) is 0. The summed E-state index contributed by atoms with van der Waals surface area (Å²) in [4.78, 5) is 32.4. The molecule has 1 unspecified atom stereocenters. The molecule has 6 nitrogen and oxygen atoms in total. The van der Waals surface area contributed by atoms with E-state index in [0.29, 0.717) is 0 Å². The van der Waals surface area contributed by atoms with E-state index in [4.69, 9.17) is 9.84 Å². The fourth-order valence-corrected chi connectivity index (χ4v) is 0.923. The molecule has 0 fully saturated rings. The van der Waals surface area contributed by atoms with Crippen LogP contribution in [0.5, 0.6) is 0 Å². The molecule has 0 aromatic heterocycles. The van der Waals surface area contributed by atoms with Crippen LogP contribution in [-0.4, -0.2) is 35.1 Å². The van der Waals surface area contributed by atoms with E-state index in [1.165, 1.54) is 6.92 Å². The number of hydrogen-bond acceptors (Lipinski definition) is 4. The van der Waals surface area contributed by atoms with E-state index in [1.807, 2.05) is 0 Å². The van der Waals surface area contributed by atoms with Gasteiger partial charge >= 0.3 is 11.9 Å². The summed E-state index contributed by atoms with van der Waals surface area (Å²) in [5.74, 6) is -2.41. The average Bonchev–Trinajstić information content (AvgIpc) is 1.99. The van der Waals surface area contributed by atoms with Crippen LogP contribution in [0.3, 0.4) is 0 Å². The molecular formula is C9H15NO5. The van der Waals surface area contributed by atoms with Crippen LogP contribution in [0.2, 0.25) is 0 Å². The number of rotatable bonds is 5. The van der Waals surface area contributed by atoms with Crippen molar-refractivity contribution in [2.75, 3.05) is 0 Å². The molecule has 0 aliphatic carbocycles. The van der Waals surface area contributed by atoms with Crippen molar-refractivity contribution in [2.45, 2.75) is 39.3 Å². The molecule has 0 radical (unpaired) electrons. The third-order valence-corrected chi connectivity index (χ3v) is 1.41. The zero-order chi connectivity index (χ0) is 12.0. The maximum Gasteiger partial charge on any atom is 0.326 e. The number of carboxylic acid groups (broad SMARTS) is 1. The van der Waals surface area contributed by atoms with E-state index in [1.54, 1.807) is 13.8 Å². The highest BCUT2D eigenvalue weighted by Crippen LogP contribution is 1.99. The smallest absolute Gasteiger partial charge is 0.326 e. The van der Waals surface area contributed by atoms with Crippen LogP contribution in [0.25, 0.3) is 0 Å². The minimum Gasteiger partial charge on any atom is -0.480 e. The van der Waals surface area contributed by atoms with Crippen molar-refractivity contribution in [3.8, 4) is 0 Å². The number of esters is 1. The van der Waals surface area contributed by atoms with Crippen molar-refractivity contribution in [3.05, 3.63) is 0 Å². The molecule has 6 heteroatoms. The predicted octanol–water partition coefficient (Wildman–Crippen LogP) is -0.0826. The van der Waals surface area contributed by atoms with E-state index in [2.05, 4.69) is 5.32 Å². The van der Waals surface area contributed by atoms with Gasteiger partial charge in [-0.25, -0.2) is 4.79 Å². The second-order valence-corrected chi connectivity index (χ2v) is 3.33. The van der Waals surface area contributed by atoms with Gasteiger partial charge in [0.2, 0.25) is 5.91 Å². The van der Waals surface area contributed by atoms with Crippen LogP contribution in [0.4, 0.5) is 0 Å². The summed E-state index contributed by atoms with van der Waals surface area (Å²) in [5.41, 5.74) is 0. The quantitative estimate of drug-likeness (QED) is 0.628. The molecule has 0 heterocycles. The van der Waals surface area contributed by atoms with Gasteiger partial charge in [0.1, 0.15) is 6.04 Å². The van der Waals surface area contributed by atoms with Crippen molar-refractivity contribution in [2.24, 2.45) is 0 Å². The zero-order valence-electron chi connectivity index (χ0n) is 8.94. The Hall–Kier alpha value is -1.59. The summed E-state index contributed by atoms with van der Waals surface area (Å²) in [5, 5.41) is 10.8. The molecule has 86 valence electrons. The van der Waals surface area contributed by atoms with Gasteiger partial charge in [0.15, 0.2) is 0 Å². The fourth-order valence-electron chi connectivity index (χ4n) is 0.923. The maximum absolute atomic E-state index is 11.1. The molecular weight excluding hydrogens is 202 g/mol. The first-order valence-electron chi connectivity index (χ1n) is 4.52. The molecule has 0 aromatic carbocycles. The lowest BCUT2D eigenvalue weighted by Gasteiger charge is -2.13. The standard InChI is InChI=1S/C9H15NO5/c1-5(2)15-8(12)4-7(9(13)14)10-6(3)11/h5,7H,4H2,1-3H3,(H,10,11)(H,13,14). The highest BCUT2D eigenvalue weighted by molar-refractivity contribution is 5.86. The molecule has 15 heavy (non-hydrogen) atoms. The number of nitrogens with one attached hydrogen (secondary N) is 1. The van der Waals surface area contributed by atoms with Crippen molar-refractivity contribution >= 4 is 17.8 Å². The van der Waals surface area contributed by atoms with Crippen LogP contribution < -0.4 is 5.32 Å². The number of aliphatic carboxylic acids is 1. The largest absolute Gasteiger partial charge is 0.480 e. The molecule has 0 bridgehead atoms. The van der Waals surface area contributed by atoms with Crippen molar-refractivity contribution < 1.29 is 24.2 Å². The Balaban J connectivity index is 4.22. The van der Waals surface area contributed by atoms with Gasteiger partial charge < -0.3 is 15.2 Å². The van der Waals surface area contributed by atoms with E-state index in [9.17, 15) is 14.4 Å². The number of ether oxygens (including phenoxy) is 1. The Morgan fingerprint density at radius 3 is 2.20 bits per heavy atom. The molecule has 1 atom stereocenters. The van der Waals surface area contributed by atoms with Gasteiger partial charge in [0.25, 0.3) is 0 Å². The van der Waals surface area contributed by atoms with Gasteiger partial charge in [0.05, 0.1) is 12.5 Å². The monoisotopic (exact) mass is 217 g/mol. The van der Waals surface area contributed by atoms with Crippen molar-refractivity contribution in [3.63, 3.8) is 0 Å². The lowest BCUT2D eigenvalue weighted by Crippen LogP contribution is -2.41. The van der Waals surface area contributed by atoms with Gasteiger partial charge in [-0.05, 0) is 13.8 Å². The Morgan fingerprint density at radius 2 is 1.87 bits per heavy atom. The Kier molecular flexibility index (Phi) is 5.36. The molecule has 0 aliphatic rings. The normalized spacial score (nSPS) is 12.0. The van der Waals surface area contributed by atoms with Crippen LogP contribution in [0, 0.1) is 0 Å². The highest BCUT2D eigenvalue weighted by Gasteiger charge is 2.23. The first-order chi connectivity index (χ1) is 6.82. The Labute approximate surface area is 87.6 Å². The first kappa shape index (κ1) is 13.4. The van der Waals surface area contributed by atoms with E-state index in [0.717, 1.165) is 0 Å². The average molecular weight is 217 g/mol. The molecule has 0 spiro atoms. The van der Waals surface area contributed by atoms with Crippen molar-refractivity contribution in [1.82, 2.24) is 5.32 Å². The third-order valence-electron chi connectivity index (χ3n) is 1.41. The Bertz CT molecular complexity index is 261. The number of carbonyl (C=O) groups excluding carboxylic acids is 2. The molecule has 0 aliphatic heterocycles. The third kappa shape index (κ3) is 6.48. The minimum absolute atomic E-state index is 0.302. The molecule has 0 rings (SSSR count). The lowest BCUT2D eigenvalue weighted by atomic mass is 10.2. The second kappa shape index (κ2) is 6.00. The second-order valence-electron chi connectivity index (χ2n) is 3.33. The van der Waals surface area contributed by atoms with Crippen molar-refractivity contribution in [1.29, 1.82) is 0 Å². The maximum atomic E-state index is 11.1. The van der Waals surface area contributed by atoms with Gasteiger partial charge in [-0.15, -0.1) is 0 Å². The summed E-state index contributed by atoms with van der Waals surface area (Å²) >= 11 is 0. The minimum atomic E-state index is -1.26. The lowest BCUT2D eigenvalue weighted by molar-refractivity contribution is -0.152. The topological polar surface area (TPSA) is 92.7 Å². The number of hydrogen-bond donors (Lipinski definition) is 2. The van der Waals surface area contributed by atoms with Gasteiger partial charge in [-0.2, -0.15) is 0 Å². The number of carbonyl (C=O) groups is 3. The predicted molar refractivity (Wildman–Crippen MR) is 51.1 cm³/mol. The first-order valence-corrected chi connectivity index (χ1v) is 4.52. The molecule has 1 amide bonds. The fraction of sp³-hybridized carbons (Fsp3) is 0.667. The summed E-state index contributed by atoms with van der Waals surface area (Å²) in [6.45, 7) is 4.50. The van der Waals surface area contributed by atoms with Crippen LogP contribution in [0.1, 0.15) is 27.2 Å². The number of carboxylic acids is 1. The molecule has 0 saturated carbocycles. The van der Waals surface area contributed by atoms with E-state index < -0.39 is 23.9 Å². The van der Waals surface area contributed by atoms with E-state index in [-0.39, 0.29) is 12.5 Å². The zero-order valence-corrected chi connectivity index (χ0v) is 8.94. The van der Waals surface area contributed by atoms with Crippen LogP contribution in [0.15, 0.2) is 0 Å². The van der Waals surface area contributed by atoms with Gasteiger partial charge in [-0.1, -0.05) is 0 Å². The molecule has 2 N–H and O–H groups in total. The highest BCUT2D eigenvalue weighted by atomic mass is 16.5. The summed E-state index contributed by atoms with van der Waals surface area (Å²) in [6.07, 6.45) is -0.670. The SMILES string of the molecule is CC(=O)NC(CC(=O)OC(C)C)C(=O)O. The Morgan fingerprint density at radius 1 is 1.33 bits per heavy atom. The molecule has 0 saturated heterocycles. The number of amides is 1. The summed E-state index contributed by atoms with van der Waals surface area (Å²) in [6, 6.07) is -1.23. The van der Waals surface area contributed by atoms with Gasteiger partial charge in [0, 0.05) is 6.92 Å². The van der Waals surface area contributed by atoms with Crippen LogP contribution >= 0.6 is 0 Å². The van der Waals surface area contributed by atoms with Crippen LogP contribution in [-0.2, 0) is 19.1 Å². The molecule has 0 aromatic rings. The summed E-state index contributed by atoms with van der Waals surface area (Å²) < 4.78 is 4.76.